The van der Waals surface area contributed by atoms with Crippen LogP contribution in [0.15, 0.2) is 29.3 Å². The maximum Gasteiger partial charge on any atom is 0.193 e. The van der Waals surface area contributed by atoms with Gasteiger partial charge in [0.1, 0.15) is 6.10 Å². The molecule has 4 nitrogen and oxygen atoms in total. The molecule has 1 saturated heterocycles. The van der Waals surface area contributed by atoms with Gasteiger partial charge in [0.15, 0.2) is 5.96 Å². The van der Waals surface area contributed by atoms with Gasteiger partial charge in [0, 0.05) is 25.9 Å². The molecule has 1 aromatic rings. The van der Waals surface area contributed by atoms with Gasteiger partial charge in [-0.1, -0.05) is 24.3 Å². The van der Waals surface area contributed by atoms with Crippen LogP contribution in [0.3, 0.4) is 0 Å². The fourth-order valence-corrected chi connectivity index (χ4v) is 2.88. The molecule has 1 aliphatic heterocycles. The molecule has 124 valence electrons. The highest BCUT2D eigenvalue weighted by atomic mass is 127. The van der Waals surface area contributed by atoms with Crippen LogP contribution < -0.4 is 5.32 Å². The summed E-state index contributed by atoms with van der Waals surface area (Å²) in [5.74, 6) is 2.07. The van der Waals surface area contributed by atoms with Crippen molar-refractivity contribution < 1.29 is 4.74 Å². The second kappa shape index (κ2) is 10.3. The van der Waals surface area contributed by atoms with Crippen molar-refractivity contribution in [2.45, 2.75) is 13.0 Å². The van der Waals surface area contributed by atoms with Crippen LogP contribution in [-0.2, 0) is 4.74 Å². The maximum atomic E-state index is 5.97. The third-order valence-electron chi connectivity index (χ3n) is 3.70. The normalized spacial score (nSPS) is 18.8. The van der Waals surface area contributed by atoms with E-state index in [9.17, 15) is 0 Å². The zero-order valence-electron chi connectivity index (χ0n) is 13.5. The van der Waals surface area contributed by atoms with Gasteiger partial charge >= 0.3 is 0 Å². The molecule has 1 N–H and O–H groups in total. The Morgan fingerprint density at radius 2 is 2.23 bits per heavy atom. The molecule has 1 atom stereocenters. The number of rotatable bonds is 4. The summed E-state index contributed by atoms with van der Waals surface area (Å²) in [7, 11) is 1.85. The first-order chi connectivity index (χ1) is 10.3. The van der Waals surface area contributed by atoms with E-state index in [0.717, 1.165) is 38.0 Å². The Morgan fingerprint density at radius 1 is 1.45 bits per heavy atom. The van der Waals surface area contributed by atoms with Gasteiger partial charge in [-0.25, -0.2) is 0 Å². The second-order valence-electron chi connectivity index (χ2n) is 5.13. The van der Waals surface area contributed by atoms with E-state index >= 15 is 0 Å². The first kappa shape index (κ1) is 19.6. The molecule has 1 unspecified atom stereocenters. The van der Waals surface area contributed by atoms with E-state index in [1.165, 1.54) is 11.1 Å². The number of aryl methyl sites for hydroxylation is 1. The lowest BCUT2D eigenvalue weighted by Crippen LogP contribution is -2.48. The highest BCUT2D eigenvalue weighted by molar-refractivity contribution is 14.0. The molecule has 6 heteroatoms. The van der Waals surface area contributed by atoms with Crippen molar-refractivity contribution in [2.75, 3.05) is 45.3 Å². The van der Waals surface area contributed by atoms with E-state index < -0.39 is 0 Å². The molecule has 1 fully saturated rings. The first-order valence-corrected chi connectivity index (χ1v) is 8.77. The van der Waals surface area contributed by atoms with Crippen molar-refractivity contribution in [3.63, 3.8) is 0 Å². The molecule has 2 rings (SSSR count). The summed E-state index contributed by atoms with van der Waals surface area (Å²) in [4.78, 5) is 6.69. The lowest BCUT2D eigenvalue weighted by molar-refractivity contribution is -0.00827. The standard InChI is InChI=1S/C16H25N3OS.HI/c1-13-6-4-5-7-14(13)15-12-19(9-10-20-15)16(17-2)18-8-11-21-3;/h4-7,15H,8-12H2,1-3H3,(H,17,18);1H. The number of hydrogen-bond donors (Lipinski definition) is 1. The number of hydrogen-bond acceptors (Lipinski definition) is 3. The SMILES string of the molecule is CN=C(NCCSC)N1CCOC(c2ccccc2C)C1.I. The van der Waals surface area contributed by atoms with Crippen LogP contribution in [0.25, 0.3) is 0 Å². The number of benzene rings is 1. The summed E-state index contributed by atoms with van der Waals surface area (Å²) in [6.45, 7) is 5.57. The highest BCUT2D eigenvalue weighted by Crippen LogP contribution is 2.24. The van der Waals surface area contributed by atoms with Gasteiger partial charge in [-0.2, -0.15) is 11.8 Å². The largest absolute Gasteiger partial charge is 0.370 e. The van der Waals surface area contributed by atoms with Crippen LogP contribution in [0.2, 0.25) is 0 Å². The summed E-state index contributed by atoms with van der Waals surface area (Å²) in [5, 5.41) is 3.43. The van der Waals surface area contributed by atoms with Gasteiger partial charge in [0.25, 0.3) is 0 Å². The van der Waals surface area contributed by atoms with Crippen LogP contribution in [0, 0.1) is 6.92 Å². The maximum absolute atomic E-state index is 5.97. The third-order valence-corrected chi connectivity index (χ3v) is 4.31. The van der Waals surface area contributed by atoms with E-state index in [4.69, 9.17) is 4.74 Å². The molecule has 0 amide bonds. The van der Waals surface area contributed by atoms with Gasteiger partial charge < -0.3 is 15.0 Å². The molecule has 0 spiro atoms. The van der Waals surface area contributed by atoms with Crippen molar-refractivity contribution in [3.05, 3.63) is 35.4 Å². The zero-order chi connectivity index (χ0) is 15.1. The Hall–Kier alpha value is -0.470. The van der Waals surface area contributed by atoms with Crippen molar-refractivity contribution >= 4 is 41.7 Å². The van der Waals surface area contributed by atoms with E-state index in [0.29, 0.717) is 0 Å². The molecule has 0 saturated carbocycles. The number of thioether (sulfide) groups is 1. The Balaban J connectivity index is 0.00000242. The fourth-order valence-electron chi connectivity index (χ4n) is 2.58. The minimum absolute atomic E-state index is 0. The van der Waals surface area contributed by atoms with Gasteiger partial charge in [0.2, 0.25) is 0 Å². The predicted octanol–water partition coefficient (Wildman–Crippen LogP) is 2.92. The molecular formula is C16H26IN3OS. The first-order valence-electron chi connectivity index (χ1n) is 7.38. The Labute approximate surface area is 155 Å². The van der Waals surface area contributed by atoms with Crippen LogP contribution in [0.1, 0.15) is 17.2 Å². The highest BCUT2D eigenvalue weighted by Gasteiger charge is 2.24. The number of nitrogens with zero attached hydrogens (tertiary/aromatic N) is 2. The summed E-state index contributed by atoms with van der Waals surface area (Å²) in [6.07, 6.45) is 2.24. The third kappa shape index (κ3) is 5.31. The van der Waals surface area contributed by atoms with E-state index in [-0.39, 0.29) is 30.1 Å². The number of ether oxygens (including phenoxy) is 1. The van der Waals surface area contributed by atoms with Crippen LogP contribution >= 0.6 is 35.7 Å². The number of aliphatic imine (C=N–C) groups is 1. The van der Waals surface area contributed by atoms with Gasteiger partial charge in [-0.3, -0.25) is 4.99 Å². The molecule has 1 heterocycles. The number of morpholine rings is 1. The summed E-state index contributed by atoms with van der Waals surface area (Å²) < 4.78 is 5.97. The number of halogens is 1. The Morgan fingerprint density at radius 3 is 2.91 bits per heavy atom. The summed E-state index contributed by atoms with van der Waals surface area (Å²) in [5.41, 5.74) is 2.57. The van der Waals surface area contributed by atoms with Gasteiger partial charge in [-0.05, 0) is 24.3 Å². The van der Waals surface area contributed by atoms with E-state index in [1.54, 1.807) is 0 Å². The molecule has 0 radical (unpaired) electrons. The molecule has 0 aromatic heterocycles. The molecule has 0 bridgehead atoms. The molecule has 0 aliphatic carbocycles. The second-order valence-corrected chi connectivity index (χ2v) is 6.11. The molecule has 22 heavy (non-hydrogen) atoms. The molecule has 1 aromatic carbocycles. The lowest BCUT2D eigenvalue weighted by atomic mass is 10.0. The van der Waals surface area contributed by atoms with Crippen molar-refractivity contribution in [1.82, 2.24) is 10.2 Å². The lowest BCUT2D eigenvalue weighted by Gasteiger charge is -2.35. The Bertz CT molecular complexity index is 484. The average Bonchev–Trinajstić information content (AvgIpc) is 2.52. The zero-order valence-corrected chi connectivity index (χ0v) is 16.7. The molecule has 1 aliphatic rings. The van der Waals surface area contributed by atoms with Crippen LogP contribution in [0.5, 0.6) is 0 Å². The van der Waals surface area contributed by atoms with E-state index in [1.807, 2.05) is 18.8 Å². The van der Waals surface area contributed by atoms with Gasteiger partial charge in [-0.15, -0.1) is 24.0 Å². The topological polar surface area (TPSA) is 36.9 Å². The smallest absolute Gasteiger partial charge is 0.193 e. The fraction of sp³-hybridized carbons (Fsp3) is 0.562. The number of guanidine groups is 1. The van der Waals surface area contributed by atoms with E-state index in [2.05, 4.69) is 52.7 Å². The summed E-state index contributed by atoms with van der Waals surface area (Å²) >= 11 is 1.84. The Kier molecular flexibility index (Phi) is 9.19. The quantitative estimate of drug-likeness (QED) is 0.342. The minimum Gasteiger partial charge on any atom is -0.370 e. The summed E-state index contributed by atoms with van der Waals surface area (Å²) in [6, 6.07) is 8.45. The number of nitrogens with one attached hydrogen (secondary N) is 1. The van der Waals surface area contributed by atoms with Crippen LogP contribution in [0.4, 0.5) is 0 Å². The van der Waals surface area contributed by atoms with Gasteiger partial charge in [0.05, 0.1) is 13.2 Å². The predicted molar refractivity (Wildman–Crippen MR) is 107 cm³/mol. The van der Waals surface area contributed by atoms with Crippen molar-refractivity contribution in [1.29, 1.82) is 0 Å². The monoisotopic (exact) mass is 435 g/mol. The van der Waals surface area contributed by atoms with Crippen LogP contribution in [-0.4, -0.2) is 56.2 Å². The molecular weight excluding hydrogens is 409 g/mol. The minimum atomic E-state index is 0. The average molecular weight is 435 g/mol. The van der Waals surface area contributed by atoms with Crippen molar-refractivity contribution in [2.24, 2.45) is 4.99 Å². The van der Waals surface area contributed by atoms with Crippen molar-refractivity contribution in [3.8, 4) is 0 Å².